The van der Waals surface area contributed by atoms with Crippen LogP contribution in [0.2, 0.25) is 0 Å². The molecule has 0 spiro atoms. The van der Waals surface area contributed by atoms with Gasteiger partial charge in [-0.15, -0.1) is 0 Å². The number of Topliss-reactive ketones (excluding diaryl/α,β-unsaturated/α-hetero) is 1. The van der Waals surface area contributed by atoms with Gasteiger partial charge in [-0.3, -0.25) is 14.5 Å². The highest BCUT2D eigenvalue weighted by molar-refractivity contribution is 6.16. The Balaban J connectivity index is 1.48. The van der Waals surface area contributed by atoms with Crippen molar-refractivity contribution in [2.45, 2.75) is 19.4 Å². The maximum absolute atomic E-state index is 13.8. The van der Waals surface area contributed by atoms with Crippen LogP contribution in [0.5, 0.6) is 11.5 Å². The molecular weight excluding hydrogens is 488 g/mol. The van der Waals surface area contributed by atoms with E-state index in [1.54, 1.807) is 23.1 Å². The highest BCUT2D eigenvalue weighted by atomic mass is 16.5. The largest absolute Gasteiger partial charge is 0.503 e. The quantitative estimate of drug-likeness (QED) is 0.398. The highest BCUT2D eigenvalue weighted by Crippen LogP contribution is 2.41. The van der Waals surface area contributed by atoms with Crippen LogP contribution in [0.1, 0.15) is 35.5 Å². The van der Waals surface area contributed by atoms with Gasteiger partial charge in [-0.05, 0) is 43.2 Å². The second-order valence-electron chi connectivity index (χ2n) is 9.29. The summed E-state index contributed by atoms with van der Waals surface area (Å²) in [7, 11) is 1.53. The zero-order chi connectivity index (χ0) is 26.6. The first-order chi connectivity index (χ1) is 18.5. The Morgan fingerprint density at radius 3 is 2.66 bits per heavy atom. The molecule has 0 aliphatic carbocycles. The second kappa shape index (κ2) is 11.3. The van der Waals surface area contributed by atoms with Crippen LogP contribution in [0.4, 0.5) is 0 Å². The third kappa shape index (κ3) is 4.99. The molecule has 1 atom stereocenters. The average molecular weight is 521 g/mol. The van der Waals surface area contributed by atoms with E-state index in [2.05, 4.69) is 4.90 Å². The smallest absolute Gasteiger partial charge is 0.290 e. The number of fused-ring (bicyclic) bond motifs is 1. The minimum atomic E-state index is -0.782. The van der Waals surface area contributed by atoms with Crippen LogP contribution in [0.3, 0.4) is 0 Å². The summed E-state index contributed by atoms with van der Waals surface area (Å²) in [6.07, 6.45) is 0.685. The molecule has 1 unspecified atom stereocenters. The lowest BCUT2D eigenvalue weighted by molar-refractivity contribution is -0.129. The van der Waals surface area contributed by atoms with Crippen molar-refractivity contribution >= 4 is 22.7 Å². The molecule has 9 nitrogen and oxygen atoms in total. The van der Waals surface area contributed by atoms with Gasteiger partial charge in [-0.25, -0.2) is 0 Å². The Labute approximate surface area is 221 Å². The van der Waals surface area contributed by atoms with E-state index < -0.39 is 23.5 Å². The SMILES string of the molecule is CCOc1cccc(C2C(C(=O)c3cc4cccc(OC)c4o3)=C(O)C(=O)N2CCCN2CCOCC2)c1. The third-order valence-electron chi connectivity index (χ3n) is 6.96. The van der Waals surface area contributed by atoms with Crippen LogP contribution in [-0.4, -0.2) is 79.7 Å². The predicted molar refractivity (Wildman–Crippen MR) is 141 cm³/mol. The topological polar surface area (TPSA) is 102 Å². The minimum absolute atomic E-state index is 0.00644. The summed E-state index contributed by atoms with van der Waals surface area (Å²) in [5.41, 5.74) is 1.10. The summed E-state index contributed by atoms with van der Waals surface area (Å²) in [6.45, 7) is 6.59. The van der Waals surface area contributed by atoms with E-state index in [-0.39, 0.29) is 11.3 Å². The summed E-state index contributed by atoms with van der Waals surface area (Å²) in [6, 6.07) is 13.5. The van der Waals surface area contributed by atoms with Crippen LogP contribution >= 0.6 is 0 Å². The van der Waals surface area contributed by atoms with Crippen molar-refractivity contribution in [1.82, 2.24) is 9.80 Å². The molecule has 1 aromatic heterocycles. The number of hydrogen-bond donors (Lipinski definition) is 1. The molecule has 3 aromatic rings. The van der Waals surface area contributed by atoms with Gasteiger partial charge in [0.15, 0.2) is 22.9 Å². The summed E-state index contributed by atoms with van der Waals surface area (Å²) in [5.74, 6) is -0.529. The maximum atomic E-state index is 13.8. The number of hydrogen-bond acceptors (Lipinski definition) is 8. The van der Waals surface area contributed by atoms with Crippen LogP contribution in [0, 0.1) is 0 Å². The molecule has 1 saturated heterocycles. The highest BCUT2D eigenvalue weighted by Gasteiger charge is 2.44. The van der Waals surface area contributed by atoms with Crippen LogP contribution < -0.4 is 9.47 Å². The number of amides is 1. The average Bonchev–Trinajstić information content (AvgIpc) is 3.49. The molecule has 0 radical (unpaired) electrons. The number of ether oxygens (including phenoxy) is 3. The molecule has 9 heteroatoms. The van der Waals surface area contributed by atoms with Crippen molar-refractivity contribution in [3.63, 3.8) is 0 Å². The molecule has 200 valence electrons. The molecule has 1 fully saturated rings. The number of rotatable bonds is 10. The van der Waals surface area contributed by atoms with E-state index in [4.69, 9.17) is 18.6 Å². The molecule has 5 rings (SSSR count). The van der Waals surface area contributed by atoms with Gasteiger partial charge in [-0.1, -0.05) is 24.3 Å². The standard InChI is InChI=1S/C29H32N2O7/c1-3-37-21-9-4-7-19(17-21)25-24(26(32)23-18-20-8-5-10-22(35-2)28(20)38-23)27(33)29(34)31(25)12-6-11-30-13-15-36-16-14-30/h4-5,7-10,17-18,25,33H,3,6,11-16H2,1-2H3. The fourth-order valence-electron chi connectivity index (χ4n) is 5.14. The summed E-state index contributed by atoms with van der Waals surface area (Å²) in [5, 5.41) is 11.7. The Hall–Kier alpha value is -3.82. The lowest BCUT2D eigenvalue weighted by Crippen LogP contribution is -2.39. The Bertz CT molecular complexity index is 1360. The molecule has 2 aliphatic rings. The molecule has 0 saturated carbocycles. The van der Waals surface area contributed by atoms with E-state index in [1.165, 1.54) is 7.11 Å². The van der Waals surface area contributed by atoms with Gasteiger partial charge in [0.25, 0.3) is 5.91 Å². The number of morpholine rings is 1. The third-order valence-corrected chi connectivity index (χ3v) is 6.96. The summed E-state index contributed by atoms with van der Waals surface area (Å²) < 4.78 is 22.4. The van der Waals surface area contributed by atoms with E-state index in [0.717, 1.165) is 19.6 Å². The number of carbonyl (C=O) groups is 2. The number of aliphatic hydroxyl groups is 1. The van der Waals surface area contributed by atoms with Gasteiger partial charge in [0.05, 0.1) is 38.5 Å². The van der Waals surface area contributed by atoms with E-state index in [1.807, 2.05) is 37.3 Å². The number of carbonyl (C=O) groups excluding carboxylic acids is 2. The second-order valence-corrected chi connectivity index (χ2v) is 9.29. The van der Waals surface area contributed by atoms with Gasteiger partial charge in [-0.2, -0.15) is 0 Å². The first-order valence-corrected chi connectivity index (χ1v) is 12.9. The molecule has 1 amide bonds. The molecule has 1 N–H and O–H groups in total. The Morgan fingerprint density at radius 2 is 1.89 bits per heavy atom. The van der Waals surface area contributed by atoms with Crippen molar-refractivity contribution in [2.24, 2.45) is 0 Å². The fourth-order valence-corrected chi connectivity index (χ4v) is 5.14. The number of aliphatic hydroxyl groups excluding tert-OH is 1. The van der Waals surface area contributed by atoms with E-state index in [0.29, 0.717) is 60.8 Å². The summed E-state index contributed by atoms with van der Waals surface area (Å²) >= 11 is 0. The molecular formula is C29H32N2O7. The summed E-state index contributed by atoms with van der Waals surface area (Å²) in [4.78, 5) is 31.1. The number of nitrogens with zero attached hydrogens (tertiary/aromatic N) is 2. The van der Waals surface area contributed by atoms with Gasteiger partial charge in [0.2, 0.25) is 5.78 Å². The molecule has 3 heterocycles. The van der Waals surface area contributed by atoms with Gasteiger partial charge >= 0.3 is 0 Å². The number of benzene rings is 2. The van der Waals surface area contributed by atoms with Gasteiger partial charge in [0.1, 0.15) is 5.75 Å². The maximum Gasteiger partial charge on any atom is 0.290 e. The normalized spacial score (nSPS) is 18.4. The van der Waals surface area contributed by atoms with Crippen molar-refractivity contribution in [2.75, 3.05) is 53.1 Å². The number of methoxy groups -OCH3 is 1. The van der Waals surface area contributed by atoms with Crippen molar-refractivity contribution in [1.29, 1.82) is 0 Å². The first-order valence-electron chi connectivity index (χ1n) is 12.9. The molecule has 38 heavy (non-hydrogen) atoms. The minimum Gasteiger partial charge on any atom is -0.503 e. The fraction of sp³-hybridized carbons (Fsp3) is 0.379. The van der Waals surface area contributed by atoms with E-state index >= 15 is 0 Å². The van der Waals surface area contributed by atoms with Gasteiger partial charge < -0.3 is 28.6 Å². The predicted octanol–water partition coefficient (Wildman–Crippen LogP) is 4.14. The lowest BCUT2D eigenvalue weighted by atomic mass is 9.94. The number of furan rings is 1. The molecule has 2 aliphatic heterocycles. The number of para-hydroxylation sites is 1. The number of ketones is 1. The van der Waals surface area contributed by atoms with Crippen LogP contribution in [0.15, 0.2) is 64.3 Å². The molecule has 2 aromatic carbocycles. The van der Waals surface area contributed by atoms with Gasteiger partial charge in [0, 0.05) is 31.6 Å². The monoisotopic (exact) mass is 520 g/mol. The lowest BCUT2D eigenvalue weighted by Gasteiger charge is -2.30. The Morgan fingerprint density at radius 1 is 1.11 bits per heavy atom. The first kappa shape index (κ1) is 25.8. The van der Waals surface area contributed by atoms with E-state index in [9.17, 15) is 14.7 Å². The van der Waals surface area contributed by atoms with Crippen LogP contribution in [0.25, 0.3) is 11.0 Å². The Kier molecular flexibility index (Phi) is 7.67. The molecule has 0 bridgehead atoms. The zero-order valence-electron chi connectivity index (χ0n) is 21.6. The van der Waals surface area contributed by atoms with Crippen molar-refractivity contribution in [3.05, 3.63) is 71.2 Å². The van der Waals surface area contributed by atoms with Crippen molar-refractivity contribution in [3.8, 4) is 11.5 Å². The van der Waals surface area contributed by atoms with Crippen molar-refractivity contribution < 1.29 is 33.3 Å². The zero-order valence-corrected chi connectivity index (χ0v) is 21.6. The van der Waals surface area contributed by atoms with Crippen LogP contribution in [-0.2, 0) is 9.53 Å².